The van der Waals surface area contributed by atoms with Crippen LogP contribution in [0.15, 0.2) is 58.8 Å². The number of benzene rings is 2. The van der Waals surface area contributed by atoms with Crippen molar-refractivity contribution >= 4 is 11.6 Å². The van der Waals surface area contributed by atoms with E-state index in [2.05, 4.69) is 15.5 Å². The van der Waals surface area contributed by atoms with Gasteiger partial charge in [-0.05, 0) is 44.9 Å². The summed E-state index contributed by atoms with van der Waals surface area (Å²) in [6, 6.07) is 13.3. The quantitative estimate of drug-likeness (QED) is 0.483. The molecule has 0 saturated heterocycles. The van der Waals surface area contributed by atoms with Crippen LogP contribution in [0.4, 0.5) is 9.18 Å². The maximum absolute atomic E-state index is 13.7. The summed E-state index contributed by atoms with van der Waals surface area (Å²) < 4.78 is 24.8. The molecule has 0 aliphatic carbocycles. The number of nitrogens with zero attached hydrogens (tertiary/aromatic N) is 3. The molecule has 3 aromatic rings. The third-order valence-corrected chi connectivity index (χ3v) is 5.62. The lowest BCUT2D eigenvalue weighted by molar-refractivity contribution is 0.136. The highest BCUT2D eigenvalue weighted by molar-refractivity contribution is 5.86. The summed E-state index contributed by atoms with van der Waals surface area (Å²) in [5, 5.41) is 7.15. The number of hydrogen-bond donors (Lipinski definition) is 1. The number of nitrogens with one attached hydrogen (secondary N) is 1. The van der Waals surface area contributed by atoms with Crippen molar-refractivity contribution in [2.75, 3.05) is 19.8 Å². The number of aryl methyl sites for hydroxylation is 1. The molecule has 2 amide bonds. The molecule has 4 rings (SSSR count). The van der Waals surface area contributed by atoms with Gasteiger partial charge in [-0.3, -0.25) is 4.90 Å². The predicted molar refractivity (Wildman–Crippen MR) is 123 cm³/mol. The van der Waals surface area contributed by atoms with E-state index in [-0.39, 0.29) is 23.6 Å². The van der Waals surface area contributed by atoms with Crippen molar-refractivity contribution in [3.8, 4) is 11.4 Å². The second-order valence-corrected chi connectivity index (χ2v) is 7.93. The first kappa shape index (κ1) is 22.7. The summed E-state index contributed by atoms with van der Waals surface area (Å²) >= 11 is 0. The van der Waals surface area contributed by atoms with E-state index in [4.69, 9.17) is 9.26 Å². The summed E-state index contributed by atoms with van der Waals surface area (Å²) in [5.74, 6) is 0.191. The van der Waals surface area contributed by atoms with Crippen LogP contribution in [0, 0.1) is 12.7 Å². The molecule has 2 heterocycles. The van der Waals surface area contributed by atoms with Gasteiger partial charge in [-0.25, -0.2) is 9.18 Å². The highest BCUT2D eigenvalue weighted by atomic mass is 19.1. The molecule has 8 heteroatoms. The lowest BCUT2D eigenvalue weighted by Gasteiger charge is -2.35. The fourth-order valence-electron chi connectivity index (χ4n) is 3.88. The third-order valence-electron chi connectivity index (χ3n) is 5.62. The molecule has 172 valence electrons. The number of allylic oxidation sites excluding steroid dienone is 1. The van der Waals surface area contributed by atoms with Gasteiger partial charge in [-0.1, -0.05) is 47.1 Å². The first-order valence-corrected chi connectivity index (χ1v) is 11.0. The van der Waals surface area contributed by atoms with Crippen LogP contribution in [0.2, 0.25) is 0 Å². The highest BCUT2D eigenvalue weighted by Crippen LogP contribution is 2.37. The van der Waals surface area contributed by atoms with E-state index in [0.29, 0.717) is 37.3 Å². The van der Waals surface area contributed by atoms with E-state index in [1.54, 1.807) is 17.0 Å². The number of amides is 2. The Bertz CT molecular complexity index is 1160. The second kappa shape index (κ2) is 9.95. The van der Waals surface area contributed by atoms with Crippen molar-refractivity contribution < 1.29 is 18.4 Å². The molecule has 7 nitrogen and oxygen atoms in total. The lowest BCUT2D eigenvalue weighted by atomic mass is 9.94. The molecule has 1 unspecified atom stereocenters. The number of urea groups is 1. The Kier molecular flexibility index (Phi) is 6.84. The average Bonchev–Trinajstić information content (AvgIpc) is 3.28. The minimum absolute atomic E-state index is 0.191. The van der Waals surface area contributed by atoms with Crippen molar-refractivity contribution in [2.45, 2.75) is 33.2 Å². The molecule has 1 aromatic heterocycles. The van der Waals surface area contributed by atoms with Crippen LogP contribution < -0.4 is 5.32 Å². The maximum atomic E-state index is 13.7. The van der Waals surface area contributed by atoms with Crippen LogP contribution >= 0.6 is 0 Å². The van der Waals surface area contributed by atoms with E-state index >= 15 is 0 Å². The number of hydrogen-bond acceptors (Lipinski definition) is 5. The Morgan fingerprint density at radius 1 is 1.18 bits per heavy atom. The number of ether oxygens (including phenoxy) is 1. The second-order valence-electron chi connectivity index (χ2n) is 7.93. The van der Waals surface area contributed by atoms with Crippen LogP contribution in [0.5, 0.6) is 0 Å². The van der Waals surface area contributed by atoms with Gasteiger partial charge in [-0.15, -0.1) is 0 Å². The van der Waals surface area contributed by atoms with Crippen molar-refractivity contribution in [2.24, 2.45) is 0 Å². The van der Waals surface area contributed by atoms with Crippen molar-refractivity contribution in [3.63, 3.8) is 0 Å². The van der Waals surface area contributed by atoms with Gasteiger partial charge in [0.15, 0.2) is 0 Å². The Balaban J connectivity index is 1.74. The summed E-state index contributed by atoms with van der Waals surface area (Å²) in [5.41, 5.74) is 3.98. The first-order valence-electron chi connectivity index (χ1n) is 11.0. The van der Waals surface area contributed by atoms with Gasteiger partial charge >= 0.3 is 6.03 Å². The van der Waals surface area contributed by atoms with Crippen LogP contribution in [0.3, 0.4) is 0 Å². The fraction of sp³-hybridized carbons (Fsp3) is 0.320. The van der Waals surface area contributed by atoms with E-state index < -0.39 is 6.04 Å². The zero-order chi connectivity index (χ0) is 23.4. The third kappa shape index (κ3) is 4.96. The number of rotatable bonds is 8. The molecule has 1 atom stereocenters. The van der Waals surface area contributed by atoms with E-state index in [0.717, 1.165) is 16.8 Å². The van der Waals surface area contributed by atoms with Gasteiger partial charge in [0.05, 0.1) is 11.6 Å². The molecule has 1 aliphatic heterocycles. The Hall–Kier alpha value is -3.52. The molecule has 0 bridgehead atoms. The minimum atomic E-state index is -0.456. The first-order chi connectivity index (χ1) is 16.0. The standard InChI is InChI=1S/C25H27FN4O3/c1-4-32-14-6-13-30-17(3)21(22(27-25(30)31)18-11-9-16(2)10-12-18)24-28-23(29-33-24)19-7-5-8-20(26)15-19/h5,7-12,15,22H,4,6,13-14H2,1-3H3,(H,27,31). The zero-order valence-corrected chi connectivity index (χ0v) is 19.0. The highest BCUT2D eigenvalue weighted by Gasteiger charge is 2.35. The van der Waals surface area contributed by atoms with E-state index in [1.165, 1.54) is 12.1 Å². The predicted octanol–water partition coefficient (Wildman–Crippen LogP) is 5.11. The molecule has 0 saturated carbocycles. The summed E-state index contributed by atoms with van der Waals surface area (Å²) in [6.07, 6.45) is 0.694. The Morgan fingerprint density at radius 2 is 1.97 bits per heavy atom. The fourth-order valence-corrected chi connectivity index (χ4v) is 3.88. The number of carbonyl (C=O) groups excluding carboxylic acids is 1. The van der Waals surface area contributed by atoms with Gasteiger partial charge in [0.2, 0.25) is 5.82 Å². The summed E-state index contributed by atoms with van der Waals surface area (Å²) in [7, 11) is 0. The Morgan fingerprint density at radius 3 is 2.70 bits per heavy atom. The van der Waals surface area contributed by atoms with E-state index in [9.17, 15) is 9.18 Å². The lowest BCUT2D eigenvalue weighted by Crippen LogP contribution is -2.46. The van der Waals surface area contributed by atoms with Gasteiger partial charge in [0, 0.05) is 31.0 Å². The van der Waals surface area contributed by atoms with Gasteiger partial charge < -0.3 is 14.6 Å². The van der Waals surface area contributed by atoms with Crippen molar-refractivity contribution in [1.29, 1.82) is 0 Å². The van der Waals surface area contributed by atoms with Gasteiger partial charge in [-0.2, -0.15) is 4.98 Å². The zero-order valence-electron chi connectivity index (χ0n) is 19.0. The largest absolute Gasteiger partial charge is 0.382 e. The van der Waals surface area contributed by atoms with Crippen LogP contribution in [0.25, 0.3) is 17.0 Å². The Labute approximate surface area is 192 Å². The minimum Gasteiger partial charge on any atom is -0.382 e. The maximum Gasteiger partial charge on any atom is 0.322 e. The number of carbonyl (C=O) groups is 1. The monoisotopic (exact) mass is 450 g/mol. The van der Waals surface area contributed by atoms with Crippen molar-refractivity contribution in [3.05, 3.63) is 77.1 Å². The van der Waals surface area contributed by atoms with Gasteiger partial charge in [0.1, 0.15) is 5.82 Å². The van der Waals surface area contributed by atoms with E-state index in [1.807, 2.05) is 45.0 Å². The molecule has 1 aliphatic rings. The van der Waals surface area contributed by atoms with Crippen LogP contribution in [-0.2, 0) is 4.74 Å². The molecular weight excluding hydrogens is 423 g/mol. The molecule has 2 aromatic carbocycles. The molecule has 0 fully saturated rings. The molecular formula is C25H27FN4O3. The topological polar surface area (TPSA) is 80.5 Å². The smallest absolute Gasteiger partial charge is 0.322 e. The van der Waals surface area contributed by atoms with Crippen LogP contribution in [-0.4, -0.2) is 40.8 Å². The molecule has 33 heavy (non-hydrogen) atoms. The SMILES string of the molecule is CCOCCCN1C(=O)NC(c2ccc(C)cc2)C(c2nc(-c3cccc(F)c3)no2)=C1C. The summed E-state index contributed by atoms with van der Waals surface area (Å²) in [4.78, 5) is 19.2. The summed E-state index contributed by atoms with van der Waals surface area (Å²) in [6.45, 7) is 7.51. The normalized spacial score (nSPS) is 16.3. The van der Waals surface area contributed by atoms with Gasteiger partial charge in [0.25, 0.3) is 5.89 Å². The van der Waals surface area contributed by atoms with Crippen molar-refractivity contribution in [1.82, 2.24) is 20.4 Å². The number of aromatic nitrogens is 2. The molecule has 0 spiro atoms. The molecule has 0 radical (unpaired) electrons. The number of halogens is 1. The van der Waals surface area contributed by atoms with Crippen LogP contribution in [0.1, 0.15) is 43.3 Å². The molecule has 1 N–H and O–H groups in total. The average molecular weight is 451 g/mol.